The second-order valence-electron chi connectivity index (χ2n) is 12.1. The van der Waals surface area contributed by atoms with E-state index in [9.17, 15) is 9.59 Å². The van der Waals surface area contributed by atoms with E-state index < -0.39 is 0 Å². The topological polar surface area (TPSA) is 58.6 Å². The SMILES string of the molecule is CCOC(=O)CC1CC2(CCN(C(=O)NC3C4CC5CC(C4)CC3C5)CC2)c2c(C)cccc21. The maximum absolute atomic E-state index is 13.3. The summed E-state index contributed by atoms with van der Waals surface area (Å²) in [6.45, 7) is 6.12. The molecule has 0 radical (unpaired) electrons. The summed E-state index contributed by atoms with van der Waals surface area (Å²) in [5, 5.41) is 3.52. The molecule has 4 saturated carbocycles. The van der Waals surface area contributed by atoms with Gasteiger partial charge in [0, 0.05) is 19.1 Å². The number of aryl methyl sites for hydroxylation is 1. The van der Waals surface area contributed by atoms with Gasteiger partial charge < -0.3 is 15.0 Å². The highest BCUT2D eigenvalue weighted by molar-refractivity contribution is 5.75. The van der Waals surface area contributed by atoms with Gasteiger partial charge in [0.2, 0.25) is 0 Å². The number of rotatable bonds is 4. The van der Waals surface area contributed by atoms with Crippen molar-refractivity contribution in [2.45, 2.75) is 89.0 Å². The lowest BCUT2D eigenvalue weighted by atomic mass is 9.54. The zero-order valence-electron chi connectivity index (χ0n) is 20.9. The van der Waals surface area contributed by atoms with E-state index in [0.29, 0.717) is 30.9 Å². The Kier molecular flexibility index (Phi) is 5.65. The fraction of sp³-hybridized carbons (Fsp3) is 0.724. The van der Waals surface area contributed by atoms with Crippen LogP contribution in [0.3, 0.4) is 0 Å². The maximum Gasteiger partial charge on any atom is 0.317 e. The summed E-state index contributed by atoms with van der Waals surface area (Å²) >= 11 is 0. The van der Waals surface area contributed by atoms with Crippen molar-refractivity contribution in [3.8, 4) is 0 Å². The first-order valence-electron chi connectivity index (χ1n) is 13.8. The summed E-state index contributed by atoms with van der Waals surface area (Å²) in [5.41, 5.74) is 4.19. The molecule has 184 valence electrons. The number of carbonyl (C=O) groups excluding carboxylic acids is 2. The summed E-state index contributed by atoms with van der Waals surface area (Å²) in [5.74, 6) is 3.41. The molecule has 1 spiro atoms. The molecule has 4 bridgehead atoms. The maximum atomic E-state index is 13.3. The molecule has 1 aromatic rings. The Morgan fingerprint density at radius 3 is 2.38 bits per heavy atom. The molecule has 2 amide bonds. The Hall–Kier alpha value is -2.04. The van der Waals surface area contributed by atoms with Gasteiger partial charge in [-0.1, -0.05) is 18.2 Å². The zero-order valence-corrected chi connectivity index (χ0v) is 20.9. The Labute approximate surface area is 204 Å². The van der Waals surface area contributed by atoms with E-state index in [4.69, 9.17) is 4.74 Å². The number of esters is 1. The minimum Gasteiger partial charge on any atom is -0.466 e. The number of piperidine rings is 1. The summed E-state index contributed by atoms with van der Waals surface area (Å²) in [6.07, 6.45) is 10.2. The van der Waals surface area contributed by atoms with E-state index in [0.717, 1.165) is 44.2 Å². The molecule has 7 rings (SSSR count). The van der Waals surface area contributed by atoms with Crippen LogP contribution < -0.4 is 5.32 Å². The van der Waals surface area contributed by atoms with Crippen molar-refractivity contribution in [2.24, 2.45) is 23.7 Å². The van der Waals surface area contributed by atoms with E-state index >= 15 is 0 Å². The highest BCUT2D eigenvalue weighted by atomic mass is 16.5. The van der Waals surface area contributed by atoms with Crippen molar-refractivity contribution < 1.29 is 14.3 Å². The van der Waals surface area contributed by atoms with E-state index in [-0.39, 0.29) is 23.3 Å². The van der Waals surface area contributed by atoms with Crippen molar-refractivity contribution in [3.05, 3.63) is 34.9 Å². The number of hydrogen-bond acceptors (Lipinski definition) is 3. The Bertz CT molecular complexity index is 936. The van der Waals surface area contributed by atoms with E-state index in [1.807, 2.05) is 6.92 Å². The van der Waals surface area contributed by atoms with Crippen LogP contribution in [0.25, 0.3) is 0 Å². The average molecular weight is 465 g/mol. The standard InChI is InChI=1S/C29H40N2O3/c1-3-34-25(32)16-23-17-29(26-18(2)5-4-6-24(23)26)7-9-31(10-8-29)28(33)30-27-21-12-19-11-20(14-21)15-22(27)13-19/h4-6,19-23,27H,3,7-17H2,1-2H3,(H,30,33). The highest BCUT2D eigenvalue weighted by Crippen LogP contribution is 2.55. The third kappa shape index (κ3) is 3.74. The van der Waals surface area contributed by atoms with E-state index in [1.54, 1.807) is 0 Å². The van der Waals surface area contributed by atoms with Crippen LogP contribution in [0, 0.1) is 30.6 Å². The molecule has 1 aliphatic heterocycles. The number of urea groups is 1. The fourth-order valence-corrected chi connectivity index (χ4v) is 9.03. The van der Waals surface area contributed by atoms with Crippen molar-refractivity contribution in [1.29, 1.82) is 0 Å². The Balaban J connectivity index is 1.13. The van der Waals surface area contributed by atoms with Gasteiger partial charge in [-0.15, -0.1) is 0 Å². The smallest absolute Gasteiger partial charge is 0.317 e. The second-order valence-corrected chi connectivity index (χ2v) is 12.1. The number of fused-ring (bicyclic) bond motifs is 2. The predicted molar refractivity (Wildman–Crippen MR) is 132 cm³/mol. The molecule has 1 heterocycles. The van der Waals surface area contributed by atoms with Crippen LogP contribution in [0.15, 0.2) is 18.2 Å². The molecule has 6 aliphatic rings. The van der Waals surface area contributed by atoms with Crippen LogP contribution >= 0.6 is 0 Å². The van der Waals surface area contributed by atoms with Crippen molar-refractivity contribution in [1.82, 2.24) is 10.2 Å². The molecule has 0 aromatic heterocycles. The normalized spacial score (nSPS) is 34.8. The average Bonchev–Trinajstić information content (AvgIpc) is 3.10. The third-order valence-corrected chi connectivity index (χ3v) is 10.2. The molecule has 34 heavy (non-hydrogen) atoms. The van der Waals surface area contributed by atoms with Gasteiger partial charge in [0.15, 0.2) is 0 Å². The van der Waals surface area contributed by atoms with Gasteiger partial charge >= 0.3 is 12.0 Å². The second kappa shape index (κ2) is 8.57. The first kappa shape index (κ1) is 22.4. The van der Waals surface area contributed by atoms with Crippen LogP contribution in [0.2, 0.25) is 0 Å². The van der Waals surface area contributed by atoms with Gasteiger partial charge in [-0.2, -0.15) is 0 Å². The van der Waals surface area contributed by atoms with Crippen molar-refractivity contribution >= 4 is 12.0 Å². The summed E-state index contributed by atoms with van der Waals surface area (Å²) < 4.78 is 5.29. The first-order chi connectivity index (χ1) is 16.5. The molecule has 5 heteroatoms. The minimum atomic E-state index is -0.0931. The molecular formula is C29H40N2O3. The molecule has 1 N–H and O–H groups in total. The Morgan fingerprint density at radius 2 is 1.74 bits per heavy atom. The lowest BCUT2D eigenvalue weighted by Gasteiger charge is -2.54. The van der Waals surface area contributed by atoms with Gasteiger partial charge in [-0.3, -0.25) is 4.79 Å². The summed E-state index contributed by atoms with van der Waals surface area (Å²) in [7, 11) is 0. The van der Waals surface area contributed by atoms with Crippen LogP contribution in [0.1, 0.15) is 87.3 Å². The lowest BCUT2D eigenvalue weighted by Crippen LogP contribution is -2.59. The van der Waals surface area contributed by atoms with Gasteiger partial charge in [0.05, 0.1) is 13.0 Å². The van der Waals surface area contributed by atoms with Crippen LogP contribution in [-0.4, -0.2) is 42.6 Å². The molecule has 1 atom stereocenters. The zero-order chi connectivity index (χ0) is 23.4. The van der Waals surface area contributed by atoms with Crippen LogP contribution in [0.5, 0.6) is 0 Å². The number of amides is 2. The molecule has 1 saturated heterocycles. The minimum absolute atomic E-state index is 0.0806. The molecule has 5 fully saturated rings. The fourth-order valence-electron chi connectivity index (χ4n) is 9.03. The van der Waals surface area contributed by atoms with Crippen LogP contribution in [0.4, 0.5) is 4.79 Å². The number of benzene rings is 1. The van der Waals surface area contributed by atoms with E-state index in [2.05, 4.69) is 35.3 Å². The number of ether oxygens (including phenoxy) is 1. The van der Waals surface area contributed by atoms with Crippen molar-refractivity contribution in [3.63, 3.8) is 0 Å². The summed E-state index contributed by atoms with van der Waals surface area (Å²) in [6, 6.07) is 7.11. The van der Waals surface area contributed by atoms with Crippen molar-refractivity contribution in [2.75, 3.05) is 19.7 Å². The Morgan fingerprint density at radius 1 is 1.06 bits per heavy atom. The van der Waals surface area contributed by atoms with Gasteiger partial charge in [0.1, 0.15) is 0 Å². The third-order valence-electron chi connectivity index (χ3n) is 10.2. The van der Waals surface area contributed by atoms with Gasteiger partial charge in [-0.25, -0.2) is 4.79 Å². The quantitative estimate of drug-likeness (QED) is 0.615. The molecule has 5 aliphatic carbocycles. The molecule has 1 unspecified atom stereocenters. The van der Waals surface area contributed by atoms with E-state index in [1.165, 1.54) is 48.8 Å². The van der Waals surface area contributed by atoms with Gasteiger partial charge in [0.25, 0.3) is 0 Å². The first-order valence-corrected chi connectivity index (χ1v) is 13.8. The molecule has 1 aromatic carbocycles. The van der Waals surface area contributed by atoms with Gasteiger partial charge in [-0.05, 0) is 117 Å². The highest BCUT2D eigenvalue weighted by Gasteiger charge is 2.50. The number of carbonyl (C=O) groups is 2. The predicted octanol–water partition coefficient (Wildman–Crippen LogP) is 5.30. The number of nitrogens with one attached hydrogen (secondary N) is 1. The monoisotopic (exact) mass is 464 g/mol. The van der Waals surface area contributed by atoms with Crippen LogP contribution in [-0.2, 0) is 14.9 Å². The lowest BCUT2D eigenvalue weighted by molar-refractivity contribution is -0.143. The molecular weight excluding hydrogens is 424 g/mol. The number of likely N-dealkylation sites (tertiary alicyclic amines) is 1. The molecule has 5 nitrogen and oxygen atoms in total. The number of nitrogens with zero attached hydrogens (tertiary/aromatic N) is 1. The largest absolute Gasteiger partial charge is 0.466 e. The summed E-state index contributed by atoms with van der Waals surface area (Å²) in [4.78, 5) is 27.7. The number of hydrogen-bond donors (Lipinski definition) is 1.